The van der Waals surface area contributed by atoms with E-state index in [-0.39, 0.29) is 11.8 Å². The van der Waals surface area contributed by atoms with Gasteiger partial charge in [0.05, 0.1) is 18.1 Å². The van der Waals surface area contributed by atoms with Gasteiger partial charge in [-0.15, -0.1) is 5.10 Å². The van der Waals surface area contributed by atoms with E-state index < -0.39 is 0 Å². The van der Waals surface area contributed by atoms with Gasteiger partial charge in [0, 0.05) is 26.2 Å². The molecule has 0 N–H and O–H groups in total. The van der Waals surface area contributed by atoms with Crippen LogP contribution in [0.2, 0.25) is 0 Å². The summed E-state index contributed by atoms with van der Waals surface area (Å²) in [7, 11) is 0. The first-order valence-corrected chi connectivity index (χ1v) is 9.22. The standard InChI is InChI=1S/C15H18N6O3S/c22-13(10-25-15-16-17-18-21(15)11-3-4-11)19-5-7-20(8-6-19)14(23)12-2-1-9-24-12/h1-2,9,11H,3-8,10H2. The summed E-state index contributed by atoms with van der Waals surface area (Å²) in [6.45, 7) is 2.07. The zero-order valence-electron chi connectivity index (χ0n) is 13.6. The van der Waals surface area contributed by atoms with Gasteiger partial charge in [0.1, 0.15) is 0 Å². The summed E-state index contributed by atoms with van der Waals surface area (Å²) in [5.74, 6) is 0.553. The molecule has 4 rings (SSSR count). The molecule has 1 saturated carbocycles. The highest BCUT2D eigenvalue weighted by atomic mass is 32.2. The van der Waals surface area contributed by atoms with Gasteiger partial charge in [0.25, 0.3) is 5.91 Å². The monoisotopic (exact) mass is 362 g/mol. The Morgan fingerprint density at radius 1 is 1.20 bits per heavy atom. The Bertz CT molecular complexity index is 749. The molecule has 132 valence electrons. The Labute approximate surface area is 148 Å². The highest BCUT2D eigenvalue weighted by Crippen LogP contribution is 2.36. The molecular weight excluding hydrogens is 344 g/mol. The molecule has 1 saturated heterocycles. The van der Waals surface area contributed by atoms with Crippen LogP contribution in [-0.4, -0.2) is 73.8 Å². The van der Waals surface area contributed by atoms with Crippen molar-refractivity contribution in [3.8, 4) is 0 Å². The first kappa shape index (κ1) is 16.1. The van der Waals surface area contributed by atoms with Crippen molar-refractivity contribution in [1.29, 1.82) is 0 Å². The third-order valence-corrected chi connectivity index (χ3v) is 5.25. The zero-order chi connectivity index (χ0) is 17.2. The molecule has 0 bridgehead atoms. The summed E-state index contributed by atoms with van der Waals surface area (Å²) >= 11 is 1.37. The first-order chi connectivity index (χ1) is 12.2. The van der Waals surface area contributed by atoms with Gasteiger partial charge in [-0.25, -0.2) is 4.68 Å². The molecule has 2 fully saturated rings. The van der Waals surface area contributed by atoms with Crippen molar-refractivity contribution in [2.45, 2.75) is 24.0 Å². The fraction of sp³-hybridized carbons (Fsp3) is 0.533. The van der Waals surface area contributed by atoms with E-state index in [9.17, 15) is 9.59 Å². The second-order valence-corrected chi connectivity index (χ2v) is 7.02. The number of aromatic nitrogens is 4. The van der Waals surface area contributed by atoms with Gasteiger partial charge in [-0.3, -0.25) is 9.59 Å². The predicted octanol–water partition coefficient (Wildman–Crippen LogP) is 0.678. The van der Waals surface area contributed by atoms with Gasteiger partial charge in [-0.1, -0.05) is 11.8 Å². The lowest BCUT2D eigenvalue weighted by Gasteiger charge is -2.34. The summed E-state index contributed by atoms with van der Waals surface area (Å²) in [4.78, 5) is 28.1. The molecule has 0 unspecified atom stereocenters. The SMILES string of the molecule is O=C(CSc1nnnn1C1CC1)N1CCN(C(=O)c2ccco2)CC1. The van der Waals surface area contributed by atoms with Crippen LogP contribution in [0.5, 0.6) is 0 Å². The number of nitrogens with zero attached hydrogens (tertiary/aromatic N) is 6. The van der Waals surface area contributed by atoms with Crippen molar-refractivity contribution in [1.82, 2.24) is 30.0 Å². The third-order valence-electron chi connectivity index (χ3n) is 4.33. The van der Waals surface area contributed by atoms with Crippen LogP contribution < -0.4 is 0 Å². The first-order valence-electron chi connectivity index (χ1n) is 8.23. The van der Waals surface area contributed by atoms with E-state index in [2.05, 4.69) is 15.5 Å². The van der Waals surface area contributed by atoms with Gasteiger partial charge < -0.3 is 14.2 Å². The Balaban J connectivity index is 1.26. The Hall–Kier alpha value is -2.36. The number of hydrogen-bond donors (Lipinski definition) is 0. The maximum atomic E-state index is 12.4. The highest BCUT2D eigenvalue weighted by Gasteiger charge is 2.29. The van der Waals surface area contributed by atoms with Gasteiger partial charge in [0.2, 0.25) is 11.1 Å². The molecule has 25 heavy (non-hydrogen) atoms. The molecular formula is C15H18N6O3S. The molecule has 2 amide bonds. The van der Waals surface area contributed by atoms with Gasteiger partial charge in [-0.2, -0.15) is 0 Å². The van der Waals surface area contributed by atoms with Crippen molar-refractivity contribution in [3.05, 3.63) is 24.2 Å². The van der Waals surface area contributed by atoms with E-state index in [1.807, 2.05) is 0 Å². The van der Waals surface area contributed by atoms with Crippen LogP contribution in [0.3, 0.4) is 0 Å². The molecule has 2 aliphatic rings. The molecule has 9 nitrogen and oxygen atoms in total. The van der Waals surface area contributed by atoms with Crippen LogP contribution in [0.1, 0.15) is 29.4 Å². The van der Waals surface area contributed by atoms with Crippen LogP contribution >= 0.6 is 11.8 Å². The molecule has 3 heterocycles. The van der Waals surface area contributed by atoms with Crippen LogP contribution in [0.4, 0.5) is 0 Å². The van der Waals surface area contributed by atoms with E-state index in [1.54, 1.807) is 26.6 Å². The van der Waals surface area contributed by atoms with Crippen molar-refractivity contribution in [2.24, 2.45) is 0 Å². The van der Waals surface area contributed by atoms with Crippen molar-refractivity contribution < 1.29 is 14.0 Å². The topological polar surface area (TPSA) is 97.4 Å². The number of tetrazole rings is 1. The Morgan fingerprint density at radius 2 is 1.96 bits per heavy atom. The summed E-state index contributed by atoms with van der Waals surface area (Å²) in [5.41, 5.74) is 0. The molecule has 10 heteroatoms. The van der Waals surface area contributed by atoms with Gasteiger partial charge in [-0.05, 0) is 35.4 Å². The molecule has 0 spiro atoms. The minimum atomic E-state index is -0.130. The van der Waals surface area contributed by atoms with Crippen LogP contribution in [0.25, 0.3) is 0 Å². The second-order valence-electron chi connectivity index (χ2n) is 6.08. The maximum absolute atomic E-state index is 12.4. The number of carbonyl (C=O) groups excluding carboxylic acids is 2. The second kappa shape index (κ2) is 6.87. The summed E-state index contributed by atoms with van der Waals surface area (Å²) in [5, 5.41) is 12.4. The zero-order valence-corrected chi connectivity index (χ0v) is 14.4. The molecule has 2 aromatic heterocycles. The molecule has 1 aliphatic heterocycles. The average Bonchev–Trinajstić information content (AvgIpc) is 3.14. The lowest BCUT2D eigenvalue weighted by atomic mass is 10.3. The number of hydrogen-bond acceptors (Lipinski definition) is 7. The minimum absolute atomic E-state index is 0.0421. The number of furan rings is 1. The normalized spacial score (nSPS) is 17.8. The summed E-state index contributed by atoms with van der Waals surface area (Å²) in [6.07, 6.45) is 3.68. The van der Waals surface area contributed by atoms with Crippen LogP contribution in [0.15, 0.2) is 28.0 Å². The quantitative estimate of drug-likeness (QED) is 0.721. The van der Waals surface area contributed by atoms with Crippen molar-refractivity contribution in [2.75, 3.05) is 31.9 Å². The van der Waals surface area contributed by atoms with Crippen LogP contribution in [0, 0.1) is 0 Å². The van der Waals surface area contributed by atoms with E-state index in [4.69, 9.17) is 4.42 Å². The fourth-order valence-corrected chi connectivity index (χ4v) is 3.61. The summed E-state index contributed by atoms with van der Waals surface area (Å²) in [6, 6.07) is 3.74. The van der Waals surface area contributed by atoms with Crippen molar-refractivity contribution >= 4 is 23.6 Å². The number of carbonyl (C=O) groups is 2. The molecule has 1 aliphatic carbocycles. The van der Waals surface area contributed by atoms with E-state index in [0.717, 1.165) is 12.8 Å². The molecule has 0 radical (unpaired) electrons. The lowest BCUT2D eigenvalue weighted by molar-refractivity contribution is -0.129. The highest BCUT2D eigenvalue weighted by molar-refractivity contribution is 7.99. The number of thioether (sulfide) groups is 1. The Morgan fingerprint density at radius 3 is 2.64 bits per heavy atom. The third kappa shape index (κ3) is 3.53. The molecule has 2 aromatic rings. The van der Waals surface area contributed by atoms with E-state index in [1.165, 1.54) is 18.0 Å². The number of rotatable bonds is 5. The Kier molecular flexibility index (Phi) is 4.43. The van der Waals surface area contributed by atoms with Gasteiger partial charge >= 0.3 is 0 Å². The molecule has 0 atom stereocenters. The number of amides is 2. The van der Waals surface area contributed by atoms with Crippen LogP contribution in [-0.2, 0) is 4.79 Å². The summed E-state index contributed by atoms with van der Waals surface area (Å²) < 4.78 is 6.95. The number of piperazine rings is 1. The predicted molar refractivity (Wildman–Crippen MR) is 88.0 cm³/mol. The van der Waals surface area contributed by atoms with E-state index >= 15 is 0 Å². The molecule has 0 aromatic carbocycles. The minimum Gasteiger partial charge on any atom is -0.459 e. The lowest BCUT2D eigenvalue weighted by Crippen LogP contribution is -2.51. The largest absolute Gasteiger partial charge is 0.459 e. The van der Waals surface area contributed by atoms with Crippen molar-refractivity contribution in [3.63, 3.8) is 0 Å². The van der Waals surface area contributed by atoms with E-state index in [0.29, 0.717) is 48.9 Å². The smallest absolute Gasteiger partial charge is 0.289 e. The fourth-order valence-electron chi connectivity index (χ4n) is 2.76. The maximum Gasteiger partial charge on any atom is 0.289 e. The average molecular weight is 362 g/mol. The van der Waals surface area contributed by atoms with Gasteiger partial charge in [0.15, 0.2) is 5.76 Å².